The van der Waals surface area contributed by atoms with Crippen molar-refractivity contribution >= 4 is 57.0 Å². The first-order chi connectivity index (χ1) is 7.58. The molecule has 0 saturated heterocycles. The van der Waals surface area contributed by atoms with E-state index in [0.717, 1.165) is 2.88 Å². The van der Waals surface area contributed by atoms with Crippen molar-refractivity contribution in [2.45, 2.75) is 0 Å². The number of hydrogen-bond donors (Lipinski definition) is 1. The molecule has 82 valence electrons. The quantitative estimate of drug-likeness (QED) is 0.501. The monoisotopic (exact) mass is 363 g/mol. The molecule has 2 nitrogen and oxygen atoms in total. The minimum Gasteiger partial charge on any atom is -0.398 e. The Morgan fingerprint density at radius 2 is 2.06 bits per heavy atom. The van der Waals surface area contributed by atoms with E-state index >= 15 is 0 Å². The van der Waals surface area contributed by atoms with E-state index in [1.165, 1.54) is 0 Å². The first kappa shape index (κ1) is 11.9. The summed E-state index contributed by atoms with van der Waals surface area (Å²) in [4.78, 5) is 12.0. The molecule has 1 aromatic carbocycles. The Morgan fingerprint density at radius 1 is 1.31 bits per heavy atom. The molecule has 0 aliphatic carbocycles. The lowest BCUT2D eigenvalue weighted by atomic mass is 10.1. The third kappa shape index (κ3) is 2.39. The molecule has 0 aliphatic heterocycles. The smallest absolute Gasteiger partial charge is 0.193 e. The number of nitrogens with two attached hydrogens (primary N) is 1. The fourth-order valence-electron chi connectivity index (χ4n) is 1.26. The molecule has 2 rings (SSSR count). The summed E-state index contributed by atoms with van der Waals surface area (Å²) in [6.07, 6.45) is 0. The second-order valence-corrected chi connectivity index (χ2v) is 6.42. The topological polar surface area (TPSA) is 43.1 Å². The highest BCUT2D eigenvalue weighted by Crippen LogP contribution is 2.23. The van der Waals surface area contributed by atoms with Crippen LogP contribution in [0, 0.1) is 2.88 Å². The van der Waals surface area contributed by atoms with Gasteiger partial charge in [0.25, 0.3) is 0 Å². The van der Waals surface area contributed by atoms with Crippen molar-refractivity contribution in [2.75, 3.05) is 5.73 Å². The molecule has 0 amide bonds. The molecule has 5 heteroatoms. The van der Waals surface area contributed by atoms with E-state index in [-0.39, 0.29) is 5.78 Å². The van der Waals surface area contributed by atoms with Gasteiger partial charge >= 0.3 is 0 Å². The summed E-state index contributed by atoms with van der Waals surface area (Å²) in [6.45, 7) is 0. The van der Waals surface area contributed by atoms with Gasteiger partial charge in [0.2, 0.25) is 0 Å². The highest BCUT2D eigenvalue weighted by Gasteiger charge is 2.11. The zero-order valence-corrected chi connectivity index (χ0v) is 11.8. The predicted molar refractivity (Wildman–Crippen MR) is 76.3 cm³/mol. The number of carbonyl (C=O) groups is 1. The van der Waals surface area contributed by atoms with Crippen molar-refractivity contribution in [3.8, 4) is 0 Å². The van der Waals surface area contributed by atoms with Gasteiger partial charge in [0.1, 0.15) is 0 Å². The number of anilines is 1. The van der Waals surface area contributed by atoms with Crippen LogP contribution in [0.1, 0.15) is 15.9 Å². The van der Waals surface area contributed by atoms with E-state index in [4.69, 9.17) is 17.3 Å². The van der Waals surface area contributed by atoms with Crippen LogP contribution in [0.2, 0.25) is 5.02 Å². The summed E-state index contributed by atoms with van der Waals surface area (Å²) in [5.74, 6) is -0.0268. The van der Waals surface area contributed by atoms with Gasteiger partial charge in [-0.25, -0.2) is 0 Å². The van der Waals surface area contributed by atoms with E-state index < -0.39 is 0 Å². The maximum Gasteiger partial charge on any atom is 0.193 e. The van der Waals surface area contributed by atoms with Crippen molar-refractivity contribution < 1.29 is 4.79 Å². The molecule has 1 aromatic heterocycles. The first-order valence-electron chi connectivity index (χ1n) is 4.41. The number of ketones is 1. The van der Waals surface area contributed by atoms with E-state index in [2.05, 4.69) is 22.6 Å². The molecule has 0 bridgehead atoms. The minimum absolute atomic E-state index is 0.0268. The van der Waals surface area contributed by atoms with Crippen molar-refractivity contribution in [3.05, 3.63) is 48.7 Å². The predicted octanol–water partition coefficient (Wildman–Crippen LogP) is 3.82. The largest absolute Gasteiger partial charge is 0.398 e. The summed E-state index contributed by atoms with van der Waals surface area (Å²) in [5, 5.41) is 2.25. The standard InChI is InChI=1S/C11H7ClINOS/c12-8-3-6(1-2-9(8)14)11(15)7-4-10(13)16-5-7/h1-5H,14H2. The van der Waals surface area contributed by atoms with Gasteiger partial charge in [-0.05, 0) is 46.9 Å². The van der Waals surface area contributed by atoms with Gasteiger partial charge in [-0.15, -0.1) is 11.3 Å². The molecule has 2 N–H and O–H groups in total. The zero-order valence-electron chi connectivity index (χ0n) is 8.04. The third-order valence-electron chi connectivity index (χ3n) is 2.09. The first-order valence-corrected chi connectivity index (χ1v) is 6.75. The maximum absolute atomic E-state index is 12.0. The van der Waals surface area contributed by atoms with Crippen LogP contribution in [-0.4, -0.2) is 5.78 Å². The Hall–Kier alpha value is -0.590. The fraction of sp³-hybridized carbons (Fsp3) is 0. The molecule has 0 saturated carbocycles. The highest BCUT2D eigenvalue weighted by atomic mass is 127. The van der Waals surface area contributed by atoms with Crippen LogP contribution in [0.15, 0.2) is 29.6 Å². The number of carbonyl (C=O) groups excluding carboxylic acids is 1. The van der Waals surface area contributed by atoms with Gasteiger partial charge in [0.15, 0.2) is 5.78 Å². The van der Waals surface area contributed by atoms with Gasteiger partial charge in [-0.3, -0.25) is 4.79 Å². The molecule has 0 aliphatic rings. The molecule has 0 unspecified atom stereocenters. The Balaban J connectivity index is 2.38. The number of thiophene rings is 1. The Kier molecular flexibility index (Phi) is 3.51. The average Bonchev–Trinajstić information content (AvgIpc) is 2.68. The van der Waals surface area contributed by atoms with Crippen molar-refractivity contribution in [2.24, 2.45) is 0 Å². The van der Waals surface area contributed by atoms with Gasteiger partial charge in [0, 0.05) is 16.5 Å². The van der Waals surface area contributed by atoms with Crippen LogP contribution < -0.4 is 5.73 Å². The maximum atomic E-state index is 12.0. The number of rotatable bonds is 2. The van der Waals surface area contributed by atoms with Crippen molar-refractivity contribution in [1.82, 2.24) is 0 Å². The van der Waals surface area contributed by atoms with Crippen LogP contribution in [-0.2, 0) is 0 Å². The Morgan fingerprint density at radius 3 is 2.62 bits per heavy atom. The van der Waals surface area contributed by atoms with Gasteiger partial charge < -0.3 is 5.73 Å². The summed E-state index contributed by atoms with van der Waals surface area (Å²) in [6, 6.07) is 6.79. The van der Waals surface area contributed by atoms with Crippen LogP contribution in [0.25, 0.3) is 0 Å². The Bertz CT molecular complexity index is 553. The van der Waals surface area contributed by atoms with Crippen LogP contribution in [0.4, 0.5) is 5.69 Å². The summed E-state index contributed by atoms with van der Waals surface area (Å²) >= 11 is 9.60. The van der Waals surface area contributed by atoms with Gasteiger partial charge in [-0.2, -0.15) is 0 Å². The molecule has 0 spiro atoms. The van der Waals surface area contributed by atoms with Crippen molar-refractivity contribution in [1.29, 1.82) is 0 Å². The van der Waals surface area contributed by atoms with Gasteiger partial charge in [0.05, 0.1) is 13.6 Å². The number of benzene rings is 1. The lowest BCUT2D eigenvalue weighted by molar-refractivity contribution is 0.103. The highest BCUT2D eigenvalue weighted by molar-refractivity contribution is 14.1. The molecule has 1 heterocycles. The number of halogens is 2. The minimum atomic E-state index is -0.0268. The van der Waals surface area contributed by atoms with E-state index in [0.29, 0.717) is 21.8 Å². The van der Waals surface area contributed by atoms with E-state index in [1.807, 2.05) is 11.4 Å². The number of hydrogen-bond acceptors (Lipinski definition) is 3. The summed E-state index contributed by atoms with van der Waals surface area (Å²) < 4.78 is 1.09. The third-order valence-corrected chi connectivity index (χ3v) is 4.21. The molecule has 0 atom stereocenters. The van der Waals surface area contributed by atoms with E-state index in [1.54, 1.807) is 29.5 Å². The Labute approximate surface area is 116 Å². The summed E-state index contributed by atoms with van der Waals surface area (Å²) in [7, 11) is 0. The van der Waals surface area contributed by atoms with Crippen LogP contribution in [0.3, 0.4) is 0 Å². The van der Waals surface area contributed by atoms with E-state index in [9.17, 15) is 4.79 Å². The van der Waals surface area contributed by atoms with Crippen LogP contribution in [0.5, 0.6) is 0 Å². The molecule has 0 fully saturated rings. The van der Waals surface area contributed by atoms with Gasteiger partial charge in [-0.1, -0.05) is 11.6 Å². The second-order valence-electron chi connectivity index (χ2n) is 3.20. The zero-order chi connectivity index (χ0) is 11.7. The second kappa shape index (κ2) is 4.73. The lowest BCUT2D eigenvalue weighted by Crippen LogP contribution is -2.00. The molecule has 0 radical (unpaired) electrons. The molecular formula is C11H7ClINOS. The molecule has 2 aromatic rings. The fourth-order valence-corrected chi connectivity index (χ4v) is 2.77. The molecular weight excluding hydrogens is 357 g/mol. The SMILES string of the molecule is Nc1ccc(C(=O)c2csc(I)c2)cc1Cl. The number of nitrogen functional groups attached to an aromatic ring is 1. The average molecular weight is 364 g/mol. The summed E-state index contributed by atoms with van der Waals surface area (Å²) in [5.41, 5.74) is 7.33. The van der Waals surface area contributed by atoms with Crippen LogP contribution >= 0.6 is 45.5 Å². The molecule has 16 heavy (non-hydrogen) atoms. The van der Waals surface area contributed by atoms with Crippen molar-refractivity contribution in [3.63, 3.8) is 0 Å². The normalized spacial score (nSPS) is 10.4. The lowest BCUT2D eigenvalue weighted by Gasteiger charge is -2.01.